The number of fused-ring (bicyclic) bond motifs is 1. The number of nitrogens with zero attached hydrogens (tertiary/aromatic N) is 3. The first kappa shape index (κ1) is 27.1. The lowest BCUT2D eigenvalue weighted by molar-refractivity contribution is -0.114. The Hall–Kier alpha value is -4.13. The van der Waals surface area contributed by atoms with Gasteiger partial charge in [-0.15, -0.1) is 0 Å². The Morgan fingerprint density at radius 1 is 0.780 bits per heavy atom. The van der Waals surface area contributed by atoms with Crippen LogP contribution in [0.25, 0.3) is 6.08 Å². The van der Waals surface area contributed by atoms with Crippen molar-refractivity contribution in [3.05, 3.63) is 136 Å². The molecule has 5 nitrogen and oxygen atoms in total. The lowest BCUT2D eigenvalue weighted by Crippen LogP contribution is -2.48. The van der Waals surface area contributed by atoms with E-state index in [-0.39, 0.29) is 11.8 Å². The monoisotopic (exact) mass is 559 g/mol. The number of piperazine rings is 1. The average molecular weight is 560 g/mol. The Balaban J connectivity index is 1.13. The van der Waals surface area contributed by atoms with Gasteiger partial charge < -0.3 is 9.80 Å². The molecule has 4 aromatic rings. The second kappa shape index (κ2) is 12.2. The predicted octanol–water partition coefficient (Wildman–Crippen LogP) is 6.63. The van der Waals surface area contributed by atoms with Gasteiger partial charge in [0.15, 0.2) is 0 Å². The lowest BCUT2D eigenvalue weighted by atomic mass is 10.1. The summed E-state index contributed by atoms with van der Waals surface area (Å²) in [4.78, 5) is 34.8. The smallest absolute Gasteiger partial charge is 0.265 e. The van der Waals surface area contributed by atoms with E-state index >= 15 is 0 Å². The van der Waals surface area contributed by atoms with Gasteiger partial charge in [-0.1, -0.05) is 96.2 Å². The van der Waals surface area contributed by atoms with Crippen molar-refractivity contribution in [2.45, 2.75) is 24.9 Å². The van der Waals surface area contributed by atoms with Gasteiger partial charge >= 0.3 is 0 Å². The minimum atomic E-state index is -0.0104. The molecule has 0 saturated carbocycles. The highest BCUT2D eigenvalue weighted by Gasteiger charge is 2.29. The second-order valence-electron chi connectivity index (χ2n) is 10.6. The molecule has 0 N–H and O–H groups in total. The molecule has 0 aliphatic carbocycles. The van der Waals surface area contributed by atoms with E-state index in [0.29, 0.717) is 17.0 Å². The summed E-state index contributed by atoms with van der Waals surface area (Å²) < 4.78 is 0. The van der Waals surface area contributed by atoms with Gasteiger partial charge in [0.05, 0.1) is 17.1 Å². The van der Waals surface area contributed by atoms with E-state index < -0.39 is 0 Å². The SMILES string of the molecule is Cc1cccc(CN2C(=O)/C(=C\c3ccc(C(=O)N4CCN(Cc5ccccc5)CC4)cc3)Sc3ccccc32)c1. The molecule has 0 atom stereocenters. The number of benzene rings is 4. The Morgan fingerprint density at radius 3 is 2.24 bits per heavy atom. The Bertz CT molecular complexity index is 1570. The number of hydrogen-bond acceptors (Lipinski definition) is 4. The van der Waals surface area contributed by atoms with E-state index in [4.69, 9.17) is 0 Å². The fourth-order valence-electron chi connectivity index (χ4n) is 5.42. The van der Waals surface area contributed by atoms with Crippen LogP contribution in [-0.2, 0) is 17.9 Å². The zero-order chi connectivity index (χ0) is 28.2. The summed E-state index contributed by atoms with van der Waals surface area (Å²) in [5.41, 5.74) is 6.09. The third kappa shape index (κ3) is 6.29. The molecule has 0 bridgehead atoms. The summed E-state index contributed by atoms with van der Waals surface area (Å²) in [6.45, 7) is 6.67. The Labute approximate surface area is 246 Å². The Kier molecular flexibility index (Phi) is 8.03. The maximum atomic E-state index is 13.7. The van der Waals surface area contributed by atoms with Crippen LogP contribution in [0.1, 0.15) is 32.6 Å². The largest absolute Gasteiger partial charge is 0.336 e. The van der Waals surface area contributed by atoms with Crippen molar-refractivity contribution < 1.29 is 9.59 Å². The molecule has 2 amide bonds. The first-order valence-electron chi connectivity index (χ1n) is 14.0. The third-order valence-electron chi connectivity index (χ3n) is 7.62. The maximum absolute atomic E-state index is 13.7. The van der Waals surface area contributed by atoms with Crippen molar-refractivity contribution >= 4 is 35.3 Å². The molecule has 41 heavy (non-hydrogen) atoms. The zero-order valence-corrected chi connectivity index (χ0v) is 24.0. The maximum Gasteiger partial charge on any atom is 0.265 e. The highest BCUT2D eigenvalue weighted by Crippen LogP contribution is 2.42. The fraction of sp³-hybridized carbons (Fsp3) is 0.200. The van der Waals surface area contributed by atoms with Crippen molar-refractivity contribution in [2.24, 2.45) is 0 Å². The van der Waals surface area contributed by atoms with Crippen LogP contribution < -0.4 is 4.90 Å². The van der Waals surface area contributed by atoms with Gasteiger partial charge in [0.25, 0.3) is 11.8 Å². The minimum Gasteiger partial charge on any atom is -0.336 e. The number of para-hydroxylation sites is 1. The molecule has 2 aliphatic rings. The number of hydrogen-bond donors (Lipinski definition) is 0. The molecule has 0 unspecified atom stereocenters. The molecular formula is C35H33N3O2S. The number of rotatable bonds is 6. The van der Waals surface area contributed by atoms with Gasteiger partial charge in [-0.05, 0) is 54.0 Å². The molecule has 206 valence electrons. The first-order valence-corrected chi connectivity index (χ1v) is 14.9. The van der Waals surface area contributed by atoms with Gasteiger partial charge in [-0.3, -0.25) is 14.5 Å². The Morgan fingerprint density at radius 2 is 1.49 bits per heavy atom. The number of anilines is 1. The van der Waals surface area contributed by atoms with Crippen LogP contribution in [0.4, 0.5) is 5.69 Å². The molecule has 0 spiro atoms. The van der Waals surface area contributed by atoms with Gasteiger partial charge in [0, 0.05) is 43.2 Å². The average Bonchev–Trinajstić information content (AvgIpc) is 3.00. The highest BCUT2D eigenvalue weighted by atomic mass is 32.2. The molecule has 1 saturated heterocycles. The van der Waals surface area contributed by atoms with Gasteiger partial charge in [-0.2, -0.15) is 0 Å². The molecule has 2 heterocycles. The number of amides is 2. The van der Waals surface area contributed by atoms with Gasteiger partial charge in [0.1, 0.15) is 0 Å². The van der Waals surface area contributed by atoms with Crippen molar-refractivity contribution in [1.82, 2.24) is 9.80 Å². The van der Waals surface area contributed by atoms with E-state index in [2.05, 4.69) is 60.4 Å². The van der Waals surface area contributed by atoms with Crippen LogP contribution in [0.5, 0.6) is 0 Å². The van der Waals surface area contributed by atoms with Gasteiger partial charge in [0.2, 0.25) is 0 Å². The number of aryl methyl sites for hydroxylation is 1. The van der Waals surface area contributed by atoms with Crippen molar-refractivity contribution in [1.29, 1.82) is 0 Å². The lowest BCUT2D eigenvalue weighted by Gasteiger charge is -2.34. The van der Waals surface area contributed by atoms with E-state index in [0.717, 1.165) is 54.4 Å². The molecule has 4 aromatic carbocycles. The summed E-state index contributed by atoms with van der Waals surface area (Å²) in [5.74, 6) is 0.0497. The second-order valence-corrected chi connectivity index (χ2v) is 11.7. The van der Waals surface area contributed by atoms with Crippen molar-refractivity contribution in [3.8, 4) is 0 Å². The first-order chi connectivity index (χ1) is 20.0. The van der Waals surface area contributed by atoms with Crippen molar-refractivity contribution in [2.75, 3.05) is 31.1 Å². The van der Waals surface area contributed by atoms with Crippen LogP contribution in [0.3, 0.4) is 0 Å². The third-order valence-corrected chi connectivity index (χ3v) is 8.70. The molecule has 6 rings (SSSR count). The highest BCUT2D eigenvalue weighted by molar-refractivity contribution is 8.04. The minimum absolute atomic E-state index is 0.0104. The van der Waals surface area contributed by atoms with Crippen LogP contribution in [0.2, 0.25) is 0 Å². The van der Waals surface area contributed by atoms with Gasteiger partial charge in [-0.25, -0.2) is 0 Å². The topological polar surface area (TPSA) is 43.9 Å². The molecule has 0 radical (unpaired) electrons. The van der Waals surface area contributed by atoms with E-state index in [1.807, 2.05) is 70.5 Å². The zero-order valence-electron chi connectivity index (χ0n) is 23.2. The molecule has 6 heteroatoms. The van der Waals surface area contributed by atoms with Crippen LogP contribution in [0.15, 0.2) is 113 Å². The molecule has 1 fully saturated rings. The van der Waals surface area contributed by atoms with E-state index in [1.54, 1.807) is 0 Å². The summed E-state index contributed by atoms with van der Waals surface area (Å²) in [7, 11) is 0. The summed E-state index contributed by atoms with van der Waals surface area (Å²) >= 11 is 1.50. The van der Waals surface area contributed by atoms with E-state index in [9.17, 15) is 9.59 Å². The number of carbonyl (C=O) groups is 2. The standard InChI is InChI=1S/C35H33N3O2S/c1-26-8-7-11-29(22-26)25-38-31-12-5-6-13-32(31)41-33(35(38)40)23-27-14-16-30(17-15-27)34(39)37-20-18-36(19-21-37)24-28-9-3-2-4-10-28/h2-17,22-23H,18-21,24-25H2,1H3/b33-23+. The normalized spacial score (nSPS) is 16.6. The van der Waals surface area contributed by atoms with Crippen LogP contribution in [-0.4, -0.2) is 47.8 Å². The van der Waals surface area contributed by atoms with Crippen LogP contribution in [0, 0.1) is 6.92 Å². The molecular weight excluding hydrogens is 526 g/mol. The van der Waals surface area contributed by atoms with Crippen LogP contribution >= 0.6 is 11.8 Å². The fourth-order valence-corrected chi connectivity index (χ4v) is 6.48. The summed E-state index contributed by atoms with van der Waals surface area (Å²) in [6, 6.07) is 34.4. The number of thioether (sulfide) groups is 1. The summed E-state index contributed by atoms with van der Waals surface area (Å²) in [5, 5.41) is 0. The van der Waals surface area contributed by atoms with Crippen molar-refractivity contribution in [3.63, 3.8) is 0 Å². The summed E-state index contributed by atoms with van der Waals surface area (Å²) in [6.07, 6.45) is 1.93. The molecule has 0 aromatic heterocycles. The van der Waals surface area contributed by atoms with E-state index in [1.165, 1.54) is 22.9 Å². The predicted molar refractivity (Wildman–Crippen MR) is 167 cm³/mol. The quantitative estimate of drug-likeness (QED) is 0.249. The number of carbonyl (C=O) groups excluding carboxylic acids is 2. The molecule has 2 aliphatic heterocycles.